The van der Waals surface area contributed by atoms with Gasteiger partial charge >= 0.3 is 0 Å². The highest BCUT2D eigenvalue weighted by molar-refractivity contribution is 9.10. The van der Waals surface area contributed by atoms with Gasteiger partial charge in [-0.15, -0.1) is 0 Å². The molecule has 1 unspecified atom stereocenters. The van der Waals surface area contributed by atoms with Gasteiger partial charge in [0.05, 0.1) is 23.5 Å². The summed E-state index contributed by atoms with van der Waals surface area (Å²) in [5.41, 5.74) is 5.04. The van der Waals surface area contributed by atoms with Gasteiger partial charge in [-0.05, 0) is 65.0 Å². The molecule has 3 aliphatic rings. The van der Waals surface area contributed by atoms with E-state index in [9.17, 15) is 14.4 Å². The molecule has 11 nitrogen and oxygen atoms in total. The van der Waals surface area contributed by atoms with Gasteiger partial charge in [0.15, 0.2) is 0 Å². The largest absolute Gasteiger partial charge is 0.379 e. The maximum absolute atomic E-state index is 12.3. The Hall–Kier alpha value is -3.61. The Bertz CT molecular complexity index is 1570. The number of piperidine rings is 2. The van der Waals surface area contributed by atoms with Crippen LogP contribution < -0.4 is 21.1 Å². The lowest BCUT2D eigenvalue weighted by Gasteiger charge is -2.37. The average Bonchev–Trinajstić information content (AvgIpc) is 3.02. The molecule has 12 heteroatoms. The van der Waals surface area contributed by atoms with Crippen LogP contribution in [0.15, 0.2) is 58.1 Å². The first-order chi connectivity index (χ1) is 21.2. The van der Waals surface area contributed by atoms with Gasteiger partial charge in [0, 0.05) is 77.2 Å². The van der Waals surface area contributed by atoms with Gasteiger partial charge in [-0.3, -0.25) is 29.6 Å². The zero-order valence-corrected chi connectivity index (χ0v) is 26.8. The second kappa shape index (κ2) is 13.2. The van der Waals surface area contributed by atoms with E-state index >= 15 is 0 Å². The van der Waals surface area contributed by atoms with E-state index in [4.69, 9.17) is 0 Å². The predicted molar refractivity (Wildman–Crippen MR) is 173 cm³/mol. The molecule has 0 radical (unpaired) electrons. The van der Waals surface area contributed by atoms with Crippen molar-refractivity contribution in [3.05, 3.63) is 80.4 Å². The number of carbonyl (C=O) groups excluding carboxylic acids is 2. The van der Waals surface area contributed by atoms with Gasteiger partial charge in [-0.2, -0.15) is 5.10 Å². The first-order valence-electron chi connectivity index (χ1n) is 15.3. The number of nitrogens with one attached hydrogen (secondary N) is 2. The van der Waals surface area contributed by atoms with Crippen LogP contribution in [-0.4, -0.2) is 88.7 Å². The lowest BCUT2D eigenvalue weighted by Crippen LogP contribution is -2.46. The number of hydrogen-bond donors (Lipinski definition) is 2. The first-order valence-corrected chi connectivity index (χ1v) is 16.1. The maximum Gasteiger partial charge on any atom is 0.282 e. The molecule has 2 aromatic heterocycles. The van der Waals surface area contributed by atoms with Crippen molar-refractivity contribution in [1.29, 1.82) is 0 Å². The standard InChI is InChI=1S/C32H39BrN8O3/c1-38-19-23(15-24(20-38)36-28-17-35-39(2)32(44)30(28)33)22-5-3-21(4-6-22)18-40-11-13-41(14-12-40)25-9-10-34-27(16-25)26-7-8-29(42)37-31(26)43/h3-6,9-10,16-17,23-24,26,36H,7-8,11-15,18-20H2,1-2H3,(H,37,42,43)/t23-,24+,26?/m1/s1. The summed E-state index contributed by atoms with van der Waals surface area (Å²) >= 11 is 3.44. The number of likely N-dealkylation sites (N-methyl/N-ethyl adjacent to an activating group) is 1. The third-order valence-electron chi connectivity index (χ3n) is 9.03. The van der Waals surface area contributed by atoms with Crippen molar-refractivity contribution >= 4 is 39.1 Å². The van der Waals surface area contributed by atoms with Crippen molar-refractivity contribution in [2.24, 2.45) is 7.05 Å². The second-order valence-electron chi connectivity index (χ2n) is 12.2. The number of aryl methyl sites for hydroxylation is 1. The molecule has 3 aliphatic heterocycles. The Morgan fingerprint density at radius 2 is 1.80 bits per heavy atom. The Morgan fingerprint density at radius 3 is 2.55 bits per heavy atom. The van der Waals surface area contributed by atoms with Crippen molar-refractivity contribution in [3.63, 3.8) is 0 Å². The summed E-state index contributed by atoms with van der Waals surface area (Å²) in [5.74, 6) is -0.430. The molecular weight excluding hydrogens is 624 g/mol. The molecule has 44 heavy (non-hydrogen) atoms. The van der Waals surface area contributed by atoms with Gasteiger partial charge < -0.3 is 15.1 Å². The minimum Gasteiger partial charge on any atom is -0.379 e. The van der Waals surface area contributed by atoms with Crippen LogP contribution in [0.25, 0.3) is 0 Å². The summed E-state index contributed by atoms with van der Waals surface area (Å²) in [4.78, 5) is 47.8. The Morgan fingerprint density at radius 1 is 1.02 bits per heavy atom. The number of rotatable bonds is 7. The molecule has 1 aromatic carbocycles. The average molecular weight is 664 g/mol. The Labute approximate surface area is 265 Å². The van der Waals surface area contributed by atoms with Crippen LogP contribution in [0, 0.1) is 0 Å². The number of hydrogen-bond acceptors (Lipinski definition) is 9. The van der Waals surface area contributed by atoms with Gasteiger partial charge in [0.2, 0.25) is 11.8 Å². The lowest BCUT2D eigenvalue weighted by atomic mass is 9.87. The van der Waals surface area contributed by atoms with E-state index in [0.717, 1.165) is 69.3 Å². The van der Waals surface area contributed by atoms with E-state index < -0.39 is 0 Å². The number of nitrogens with zero attached hydrogens (tertiary/aromatic N) is 6. The Balaban J connectivity index is 1.02. The second-order valence-corrected chi connectivity index (χ2v) is 13.0. The van der Waals surface area contributed by atoms with Crippen LogP contribution in [0.2, 0.25) is 0 Å². The van der Waals surface area contributed by atoms with Crippen molar-refractivity contribution in [2.45, 2.75) is 43.7 Å². The highest BCUT2D eigenvalue weighted by atomic mass is 79.9. The quantitative estimate of drug-likeness (QED) is 0.369. The Kier molecular flexibility index (Phi) is 9.11. The number of piperazine rings is 1. The zero-order valence-electron chi connectivity index (χ0n) is 25.2. The molecule has 5 heterocycles. The van der Waals surface area contributed by atoms with Gasteiger partial charge in [0.1, 0.15) is 4.47 Å². The predicted octanol–water partition coefficient (Wildman–Crippen LogP) is 2.68. The zero-order chi connectivity index (χ0) is 30.8. The molecular formula is C32H39BrN8O3. The molecule has 3 atom stereocenters. The molecule has 0 saturated carbocycles. The summed E-state index contributed by atoms with van der Waals surface area (Å²) in [6.07, 6.45) is 5.32. The molecule has 3 fully saturated rings. The fraction of sp³-hybridized carbons (Fsp3) is 0.469. The summed E-state index contributed by atoms with van der Waals surface area (Å²) in [7, 11) is 3.80. The highest BCUT2D eigenvalue weighted by Gasteiger charge is 2.30. The molecule has 0 spiro atoms. The van der Waals surface area contributed by atoms with Crippen molar-refractivity contribution in [1.82, 2.24) is 29.9 Å². The van der Waals surface area contributed by atoms with E-state index in [-0.39, 0.29) is 29.3 Å². The van der Waals surface area contributed by atoms with Crippen molar-refractivity contribution in [3.8, 4) is 0 Å². The molecule has 2 N–H and O–H groups in total. The third kappa shape index (κ3) is 6.87. The normalized spacial score (nSPS) is 23.4. The van der Waals surface area contributed by atoms with Crippen LogP contribution >= 0.6 is 15.9 Å². The number of likely N-dealkylation sites (tertiary alicyclic amines) is 1. The minimum absolute atomic E-state index is 0.149. The first kappa shape index (κ1) is 30.4. The molecule has 3 saturated heterocycles. The summed E-state index contributed by atoms with van der Waals surface area (Å²) < 4.78 is 1.84. The summed E-state index contributed by atoms with van der Waals surface area (Å²) in [6, 6.07) is 13.3. The molecule has 0 aliphatic carbocycles. The SMILES string of the molecule is CN1C[C@@H](Nc2cnn(C)c(=O)c2Br)C[C@@H](c2ccc(CN3CCN(c4ccnc(C5CCC(=O)NC5=O)c4)CC3)cc2)C1. The topological polar surface area (TPSA) is 116 Å². The van der Waals surface area contributed by atoms with Crippen LogP contribution in [0.4, 0.5) is 11.4 Å². The fourth-order valence-corrected chi connectivity index (χ4v) is 7.09. The third-order valence-corrected chi connectivity index (χ3v) is 9.79. The van der Waals surface area contributed by atoms with E-state index in [1.165, 1.54) is 15.8 Å². The van der Waals surface area contributed by atoms with Gasteiger partial charge in [0.25, 0.3) is 5.56 Å². The number of imide groups is 1. The van der Waals surface area contributed by atoms with Crippen molar-refractivity contribution < 1.29 is 9.59 Å². The van der Waals surface area contributed by atoms with Crippen molar-refractivity contribution in [2.75, 3.05) is 56.5 Å². The molecule has 3 aromatic rings. The number of pyridine rings is 1. The maximum atomic E-state index is 12.3. The molecule has 6 rings (SSSR count). The number of carbonyl (C=O) groups is 2. The summed E-state index contributed by atoms with van der Waals surface area (Å²) in [6.45, 7) is 6.51. The van der Waals surface area contributed by atoms with Gasteiger partial charge in [-0.25, -0.2) is 4.68 Å². The number of amides is 2. The van der Waals surface area contributed by atoms with E-state index in [0.29, 0.717) is 23.2 Å². The number of anilines is 2. The van der Waals surface area contributed by atoms with Gasteiger partial charge in [-0.1, -0.05) is 24.3 Å². The van der Waals surface area contributed by atoms with Crippen LogP contribution in [0.3, 0.4) is 0 Å². The molecule has 232 valence electrons. The number of halogens is 1. The smallest absolute Gasteiger partial charge is 0.282 e. The van der Waals surface area contributed by atoms with E-state index in [1.54, 1.807) is 19.4 Å². The number of benzene rings is 1. The van der Waals surface area contributed by atoms with E-state index in [2.05, 4.69) is 82.7 Å². The van der Waals surface area contributed by atoms with E-state index in [1.807, 2.05) is 12.1 Å². The van der Waals surface area contributed by atoms with Crippen LogP contribution in [-0.2, 0) is 23.2 Å². The van der Waals surface area contributed by atoms with Crippen LogP contribution in [0.1, 0.15) is 47.9 Å². The fourth-order valence-electron chi connectivity index (χ4n) is 6.61. The highest BCUT2D eigenvalue weighted by Crippen LogP contribution is 2.30. The number of aromatic nitrogens is 3. The molecule has 2 amide bonds. The minimum atomic E-state index is -0.369. The monoisotopic (exact) mass is 662 g/mol. The molecule has 0 bridgehead atoms. The summed E-state index contributed by atoms with van der Waals surface area (Å²) in [5, 5.41) is 10.2. The lowest BCUT2D eigenvalue weighted by molar-refractivity contribution is -0.134. The van der Waals surface area contributed by atoms with Crippen LogP contribution in [0.5, 0.6) is 0 Å².